The number of carbonyl (C=O) groups is 1. The summed E-state index contributed by atoms with van der Waals surface area (Å²) in [6.07, 6.45) is 1.55. The molecule has 0 unspecified atom stereocenters. The Morgan fingerprint density at radius 1 is 1.04 bits per heavy atom. The summed E-state index contributed by atoms with van der Waals surface area (Å²) in [5.41, 5.74) is 0.718. The van der Waals surface area contributed by atoms with Crippen LogP contribution in [0.1, 0.15) is 13.8 Å². The van der Waals surface area contributed by atoms with Gasteiger partial charge in [0.25, 0.3) is 0 Å². The number of aromatic nitrogens is 1. The van der Waals surface area contributed by atoms with Crippen LogP contribution >= 0.6 is 0 Å². The third-order valence-electron chi connectivity index (χ3n) is 3.86. The number of hydrogen-bond acceptors (Lipinski definition) is 3. The van der Waals surface area contributed by atoms with Gasteiger partial charge < -0.3 is 9.88 Å². The zero-order valence-corrected chi connectivity index (χ0v) is 15.0. The average molecular weight is 356 g/mol. The molecule has 2 aromatic carbocycles. The molecule has 0 atom stereocenters. The number of carbonyl (C=O) groups excluding carboxylic acids is 1. The SMILES string of the molecule is CC(C)NC(=O)Cn1cc(S(=O)(=O)c2ccccc2)c2ccccc21. The molecule has 0 fully saturated rings. The number of sulfone groups is 1. The first-order chi connectivity index (χ1) is 11.9. The molecule has 130 valence electrons. The molecule has 0 aliphatic rings. The predicted octanol–water partition coefficient (Wildman–Crippen LogP) is 3.00. The largest absolute Gasteiger partial charge is 0.352 e. The number of amides is 1. The third-order valence-corrected chi connectivity index (χ3v) is 5.66. The average Bonchev–Trinajstić information content (AvgIpc) is 2.94. The second-order valence-electron chi connectivity index (χ2n) is 6.18. The monoisotopic (exact) mass is 356 g/mol. The molecule has 0 spiro atoms. The maximum absolute atomic E-state index is 13.0. The topological polar surface area (TPSA) is 68.2 Å². The van der Waals surface area contributed by atoms with Crippen molar-refractivity contribution in [2.45, 2.75) is 36.2 Å². The van der Waals surface area contributed by atoms with E-state index in [4.69, 9.17) is 0 Å². The van der Waals surface area contributed by atoms with Crippen molar-refractivity contribution in [1.82, 2.24) is 9.88 Å². The van der Waals surface area contributed by atoms with Gasteiger partial charge in [-0.2, -0.15) is 0 Å². The van der Waals surface area contributed by atoms with Gasteiger partial charge in [0.05, 0.1) is 9.79 Å². The van der Waals surface area contributed by atoms with Gasteiger partial charge in [-0.05, 0) is 32.0 Å². The fourth-order valence-electron chi connectivity index (χ4n) is 2.81. The summed E-state index contributed by atoms with van der Waals surface area (Å²) in [6, 6.07) is 15.6. The van der Waals surface area contributed by atoms with Gasteiger partial charge in [0.2, 0.25) is 15.7 Å². The van der Waals surface area contributed by atoms with Gasteiger partial charge in [-0.3, -0.25) is 4.79 Å². The van der Waals surface area contributed by atoms with Crippen molar-refractivity contribution in [3.05, 3.63) is 60.8 Å². The quantitative estimate of drug-likeness (QED) is 0.764. The van der Waals surface area contributed by atoms with Gasteiger partial charge in [-0.1, -0.05) is 36.4 Å². The van der Waals surface area contributed by atoms with Crippen LogP contribution < -0.4 is 5.32 Å². The van der Waals surface area contributed by atoms with E-state index in [0.717, 1.165) is 5.52 Å². The summed E-state index contributed by atoms with van der Waals surface area (Å²) in [6.45, 7) is 3.84. The molecule has 1 heterocycles. The summed E-state index contributed by atoms with van der Waals surface area (Å²) in [5, 5.41) is 3.44. The second-order valence-corrected chi connectivity index (χ2v) is 8.10. The molecule has 0 radical (unpaired) electrons. The number of nitrogens with one attached hydrogen (secondary N) is 1. The number of para-hydroxylation sites is 1. The molecule has 0 saturated carbocycles. The molecule has 0 aliphatic heterocycles. The molecule has 3 aromatic rings. The first-order valence-corrected chi connectivity index (χ1v) is 9.55. The highest BCUT2D eigenvalue weighted by Crippen LogP contribution is 2.30. The Labute approximate surface area is 147 Å². The fraction of sp³-hybridized carbons (Fsp3) is 0.211. The smallest absolute Gasteiger partial charge is 0.240 e. The van der Waals surface area contributed by atoms with Crippen molar-refractivity contribution >= 4 is 26.6 Å². The molecule has 3 rings (SSSR count). The molecule has 25 heavy (non-hydrogen) atoms. The highest BCUT2D eigenvalue weighted by atomic mass is 32.2. The molecule has 5 nitrogen and oxygen atoms in total. The molecule has 0 saturated heterocycles. The molecule has 1 aromatic heterocycles. The normalized spacial score (nSPS) is 11.8. The summed E-state index contributed by atoms with van der Waals surface area (Å²) in [4.78, 5) is 12.6. The molecular formula is C19H20N2O3S. The van der Waals surface area contributed by atoms with E-state index in [2.05, 4.69) is 5.32 Å². The maximum Gasteiger partial charge on any atom is 0.240 e. The molecular weight excluding hydrogens is 336 g/mol. The summed E-state index contributed by atoms with van der Waals surface area (Å²) < 4.78 is 27.7. The summed E-state index contributed by atoms with van der Waals surface area (Å²) >= 11 is 0. The zero-order valence-electron chi connectivity index (χ0n) is 14.1. The molecule has 1 amide bonds. The van der Waals surface area contributed by atoms with Crippen molar-refractivity contribution in [3.8, 4) is 0 Å². The summed E-state index contributed by atoms with van der Waals surface area (Å²) in [7, 11) is -3.66. The van der Waals surface area contributed by atoms with E-state index in [0.29, 0.717) is 5.39 Å². The van der Waals surface area contributed by atoms with Gasteiger partial charge in [-0.15, -0.1) is 0 Å². The van der Waals surface area contributed by atoms with Crippen molar-refractivity contribution < 1.29 is 13.2 Å². The Kier molecular flexibility index (Phi) is 4.63. The van der Waals surface area contributed by atoms with Crippen LogP contribution in [0.15, 0.2) is 70.6 Å². The lowest BCUT2D eigenvalue weighted by Crippen LogP contribution is -2.32. The molecule has 1 N–H and O–H groups in total. The van der Waals surface area contributed by atoms with Gasteiger partial charge in [0.1, 0.15) is 6.54 Å². The van der Waals surface area contributed by atoms with E-state index in [1.165, 1.54) is 0 Å². The highest BCUT2D eigenvalue weighted by Gasteiger charge is 2.23. The molecule has 6 heteroatoms. The van der Waals surface area contributed by atoms with Gasteiger partial charge in [0.15, 0.2) is 0 Å². The van der Waals surface area contributed by atoms with Crippen LogP contribution in [0.4, 0.5) is 0 Å². The van der Waals surface area contributed by atoms with E-state index >= 15 is 0 Å². The maximum atomic E-state index is 13.0. The lowest BCUT2D eigenvalue weighted by molar-refractivity contribution is -0.122. The summed E-state index contributed by atoms with van der Waals surface area (Å²) in [5.74, 6) is -0.153. The van der Waals surface area contributed by atoms with Gasteiger partial charge in [0, 0.05) is 23.1 Å². The Balaban J connectivity index is 2.10. The minimum atomic E-state index is -3.66. The minimum absolute atomic E-state index is 0.0295. The van der Waals surface area contributed by atoms with Crippen LogP contribution in [0.5, 0.6) is 0 Å². The highest BCUT2D eigenvalue weighted by molar-refractivity contribution is 7.91. The second kappa shape index (κ2) is 6.72. The lowest BCUT2D eigenvalue weighted by atomic mass is 10.2. The van der Waals surface area contributed by atoms with E-state index in [9.17, 15) is 13.2 Å². The van der Waals surface area contributed by atoms with E-state index in [-0.39, 0.29) is 28.3 Å². The van der Waals surface area contributed by atoms with Crippen molar-refractivity contribution in [1.29, 1.82) is 0 Å². The van der Waals surface area contributed by atoms with E-state index < -0.39 is 9.84 Å². The standard InChI is InChI=1S/C19H20N2O3S/c1-14(2)20-19(22)13-21-12-18(16-10-6-7-11-17(16)21)25(23,24)15-8-4-3-5-9-15/h3-12,14H,13H2,1-2H3,(H,20,22). The van der Waals surface area contributed by atoms with Crippen molar-refractivity contribution in [3.63, 3.8) is 0 Å². The van der Waals surface area contributed by atoms with Crippen LogP contribution in [-0.4, -0.2) is 24.9 Å². The Morgan fingerprint density at radius 3 is 2.36 bits per heavy atom. The van der Waals surface area contributed by atoms with E-state index in [1.54, 1.807) is 53.2 Å². The number of nitrogens with zero attached hydrogens (tertiary/aromatic N) is 1. The number of benzene rings is 2. The Bertz CT molecular complexity index is 1010. The minimum Gasteiger partial charge on any atom is -0.352 e. The third kappa shape index (κ3) is 3.44. The van der Waals surface area contributed by atoms with Crippen LogP contribution in [-0.2, 0) is 21.2 Å². The number of rotatable bonds is 5. The Morgan fingerprint density at radius 2 is 1.68 bits per heavy atom. The zero-order chi connectivity index (χ0) is 18.0. The lowest BCUT2D eigenvalue weighted by Gasteiger charge is -2.09. The molecule has 0 aliphatic carbocycles. The van der Waals surface area contributed by atoms with Gasteiger partial charge in [-0.25, -0.2) is 8.42 Å². The van der Waals surface area contributed by atoms with Crippen LogP contribution in [0.2, 0.25) is 0 Å². The van der Waals surface area contributed by atoms with Crippen molar-refractivity contribution in [2.24, 2.45) is 0 Å². The molecule has 0 bridgehead atoms. The fourth-order valence-corrected chi connectivity index (χ4v) is 4.30. The van der Waals surface area contributed by atoms with Gasteiger partial charge >= 0.3 is 0 Å². The first-order valence-electron chi connectivity index (χ1n) is 8.07. The van der Waals surface area contributed by atoms with Crippen LogP contribution in [0.3, 0.4) is 0 Å². The Hall–Kier alpha value is -2.60. The number of hydrogen-bond donors (Lipinski definition) is 1. The first kappa shape index (κ1) is 17.2. The van der Waals surface area contributed by atoms with Crippen molar-refractivity contribution in [2.75, 3.05) is 0 Å². The van der Waals surface area contributed by atoms with Crippen LogP contribution in [0.25, 0.3) is 10.9 Å². The number of fused-ring (bicyclic) bond motifs is 1. The van der Waals surface area contributed by atoms with E-state index in [1.807, 2.05) is 26.0 Å². The van der Waals surface area contributed by atoms with Crippen LogP contribution in [0, 0.1) is 0 Å². The predicted molar refractivity (Wildman–Crippen MR) is 97.1 cm³/mol.